The van der Waals surface area contributed by atoms with Gasteiger partial charge in [-0.05, 0) is 64.4 Å². The van der Waals surface area contributed by atoms with Crippen molar-refractivity contribution in [3.63, 3.8) is 0 Å². The Morgan fingerprint density at radius 1 is 1.38 bits per heavy atom. The highest BCUT2D eigenvalue weighted by atomic mass is 16.2. The van der Waals surface area contributed by atoms with Crippen LogP contribution in [0.5, 0.6) is 0 Å². The molecule has 2 aliphatic heterocycles. The third kappa shape index (κ3) is 3.41. The smallest absolute Gasteiger partial charge is 0.241 e. The van der Waals surface area contributed by atoms with Crippen LogP contribution in [0, 0.1) is 6.92 Å². The number of amides is 1. The summed E-state index contributed by atoms with van der Waals surface area (Å²) >= 11 is 0. The molecule has 1 aromatic rings. The zero-order chi connectivity index (χ0) is 14.7. The van der Waals surface area contributed by atoms with Crippen LogP contribution in [-0.4, -0.2) is 47.5 Å². The predicted octanol–water partition coefficient (Wildman–Crippen LogP) is 1.54. The van der Waals surface area contributed by atoms with E-state index in [4.69, 9.17) is 0 Å². The van der Waals surface area contributed by atoms with Crippen molar-refractivity contribution in [3.05, 3.63) is 24.0 Å². The Hall–Kier alpha value is -1.46. The average Bonchev–Trinajstić information content (AvgIpc) is 2.98. The van der Waals surface area contributed by atoms with E-state index in [1.165, 1.54) is 0 Å². The van der Waals surface area contributed by atoms with Crippen LogP contribution in [0.15, 0.2) is 18.3 Å². The highest BCUT2D eigenvalue weighted by molar-refractivity contribution is 5.95. The van der Waals surface area contributed by atoms with Gasteiger partial charge in [0.25, 0.3) is 0 Å². The zero-order valence-corrected chi connectivity index (χ0v) is 12.6. The fourth-order valence-electron chi connectivity index (χ4n) is 3.49. The molecule has 0 aromatic carbocycles. The first-order chi connectivity index (χ1) is 10.2. The number of carbonyl (C=O) groups is 1. The van der Waals surface area contributed by atoms with Crippen molar-refractivity contribution < 1.29 is 4.79 Å². The third-order valence-electron chi connectivity index (χ3n) is 4.54. The number of anilines is 1. The van der Waals surface area contributed by atoms with Crippen molar-refractivity contribution in [1.82, 2.24) is 15.2 Å². The molecule has 2 N–H and O–H groups in total. The summed E-state index contributed by atoms with van der Waals surface area (Å²) in [5.74, 6) is 0.136. The lowest BCUT2D eigenvalue weighted by Crippen LogP contribution is -2.49. The lowest BCUT2D eigenvalue weighted by molar-refractivity contribution is -0.121. The van der Waals surface area contributed by atoms with E-state index < -0.39 is 0 Å². The van der Waals surface area contributed by atoms with Crippen LogP contribution in [-0.2, 0) is 4.79 Å². The molecule has 5 nitrogen and oxygen atoms in total. The molecular formula is C16H24N4O. The molecule has 3 heterocycles. The van der Waals surface area contributed by atoms with Gasteiger partial charge in [-0.2, -0.15) is 0 Å². The Morgan fingerprint density at radius 3 is 2.95 bits per heavy atom. The van der Waals surface area contributed by atoms with Crippen LogP contribution in [0.4, 0.5) is 5.69 Å². The van der Waals surface area contributed by atoms with Crippen molar-refractivity contribution in [2.45, 2.75) is 44.7 Å². The summed E-state index contributed by atoms with van der Waals surface area (Å²) in [5, 5.41) is 6.45. The van der Waals surface area contributed by atoms with Gasteiger partial charge in [-0.3, -0.25) is 14.7 Å². The van der Waals surface area contributed by atoms with Crippen LogP contribution in [0.2, 0.25) is 0 Å². The van der Waals surface area contributed by atoms with E-state index in [0.29, 0.717) is 6.04 Å². The molecule has 0 bridgehead atoms. The van der Waals surface area contributed by atoms with E-state index in [9.17, 15) is 4.79 Å². The molecule has 1 atom stereocenters. The van der Waals surface area contributed by atoms with Crippen LogP contribution < -0.4 is 10.6 Å². The molecule has 1 amide bonds. The van der Waals surface area contributed by atoms with Crippen LogP contribution >= 0.6 is 0 Å². The SMILES string of the molecule is Cc1cc(NC(=O)C2CCCN2C2CCNCC2)ccn1. The second-order valence-corrected chi connectivity index (χ2v) is 6.05. The molecule has 2 fully saturated rings. The molecule has 5 heteroatoms. The monoisotopic (exact) mass is 288 g/mol. The van der Waals surface area contributed by atoms with Crippen LogP contribution in [0.3, 0.4) is 0 Å². The van der Waals surface area contributed by atoms with Gasteiger partial charge in [0.2, 0.25) is 5.91 Å². The lowest BCUT2D eigenvalue weighted by Gasteiger charge is -2.35. The Labute approximate surface area is 126 Å². The average molecular weight is 288 g/mol. The number of carbonyl (C=O) groups excluding carboxylic acids is 1. The van der Waals surface area contributed by atoms with E-state index in [-0.39, 0.29) is 11.9 Å². The fraction of sp³-hybridized carbons (Fsp3) is 0.625. The molecule has 21 heavy (non-hydrogen) atoms. The molecule has 0 spiro atoms. The number of hydrogen-bond acceptors (Lipinski definition) is 4. The molecule has 3 rings (SSSR count). The maximum atomic E-state index is 12.6. The Morgan fingerprint density at radius 2 is 2.19 bits per heavy atom. The molecule has 0 aliphatic carbocycles. The molecular weight excluding hydrogens is 264 g/mol. The quantitative estimate of drug-likeness (QED) is 0.886. The predicted molar refractivity (Wildman–Crippen MR) is 83.2 cm³/mol. The maximum Gasteiger partial charge on any atom is 0.241 e. The highest BCUT2D eigenvalue weighted by Gasteiger charge is 2.35. The molecule has 1 unspecified atom stereocenters. The number of likely N-dealkylation sites (tertiary alicyclic amines) is 1. The second kappa shape index (κ2) is 6.54. The number of rotatable bonds is 3. The summed E-state index contributed by atoms with van der Waals surface area (Å²) in [6, 6.07) is 4.36. The minimum absolute atomic E-state index is 0.0292. The summed E-state index contributed by atoms with van der Waals surface area (Å²) < 4.78 is 0. The standard InChI is InChI=1S/C16H24N4O/c1-12-11-13(4-9-18-12)19-16(21)15-3-2-10-20(15)14-5-7-17-8-6-14/h4,9,11,14-15,17H,2-3,5-8,10H2,1H3,(H,18,19,21). The third-order valence-corrected chi connectivity index (χ3v) is 4.54. The summed E-state index contributed by atoms with van der Waals surface area (Å²) in [4.78, 5) is 19.2. The molecule has 114 valence electrons. The first kappa shape index (κ1) is 14.5. The van der Waals surface area contributed by atoms with Gasteiger partial charge >= 0.3 is 0 Å². The fourth-order valence-corrected chi connectivity index (χ4v) is 3.49. The number of nitrogens with zero attached hydrogens (tertiary/aromatic N) is 2. The van der Waals surface area contributed by atoms with Crippen molar-refractivity contribution >= 4 is 11.6 Å². The summed E-state index contributed by atoms with van der Waals surface area (Å²) in [5.41, 5.74) is 1.78. The molecule has 0 radical (unpaired) electrons. The van der Waals surface area contributed by atoms with Gasteiger partial charge in [0.15, 0.2) is 0 Å². The van der Waals surface area contributed by atoms with Gasteiger partial charge in [-0.15, -0.1) is 0 Å². The normalized spacial score (nSPS) is 24.1. The van der Waals surface area contributed by atoms with Crippen LogP contribution in [0.1, 0.15) is 31.4 Å². The molecule has 2 saturated heterocycles. The minimum Gasteiger partial charge on any atom is -0.325 e. The van der Waals surface area contributed by atoms with Gasteiger partial charge in [0.05, 0.1) is 6.04 Å². The largest absolute Gasteiger partial charge is 0.325 e. The van der Waals surface area contributed by atoms with Gasteiger partial charge < -0.3 is 10.6 Å². The topological polar surface area (TPSA) is 57.3 Å². The highest BCUT2D eigenvalue weighted by Crippen LogP contribution is 2.25. The van der Waals surface area contributed by atoms with Gasteiger partial charge in [-0.25, -0.2) is 0 Å². The van der Waals surface area contributed by atoms with Gasteiger partial charge in [0.1, 0.15) is 0 Å². The summed E-state index contributed by atoms with van der Waals surface area (Å²) in [6.07, 6.45) is 6.14. The van der Waals surface area contributed by atoms with Crippen molar-refractivity contribution in [3.8, 4) is 0 Å². The van der Waals surface area contributed by atoms with E-state index >= 15 is 0 Å². The van der Waals surface area contributed by atoms with Crippen molar-refractivity contribution in [2.75, 3.05) is 25.0 Å². The molecule has 0 saturated carbocycles. The first-order valence-electron chi connectivity index (χ1n) is 7.94. The first-order valence-corrected chi connectivity index (χ1v) is 7.94. The van der Waals surface area contributed by atoms with E-state index in [1.54, 1.807) is 6.20 Å². The maximum absolute atomic E-state index is 12.6. The van der Waals surface area contributed by atoms with E-state index in [2.05, 4.69) is 20.5 Å². The summed E-state index contributed by atoms with van der Waals surface area (Å²) in [7, 11) is 0. The number of hydrogen-bond donors (Lipinski definition) is 2. The lowest BCUT2D eigenvalue weighted by atomic mass is 10.0. The van der Waals surface area contributed by atoms with E-state index in [1.807, 2.05) is 19.1 Å². The van der Waals surface area contributed by atoms with E-state index in [0.717, 1.165) is 56.7 Å². The zero-order valence-electron chi connectivity index (χ0n) is 12.6. The Kier molecular flexibility index (Phi) is 4.51. The summed E-state index contributed by atoms with van der Waals surface area (Å²) in [6.45, 7) is 5.13. The van der Waals surface area contributed by atoms with Gasteiger partial charge in [0, 0.05) is 23.6 Å². The second-order valence-electron chi connectivity index (χ2n) is 6.05. The number of aryl methyl sites for hydroxylation is 1. The minimum atomic E-state index is 0.0292. The Balaban J connectivity index is 1.65. The van der Waals surface area contributed by atoms with Gasteiger partial charge in [-0.1, -0.05) is 0 Å². The van der Waals surface area contributed by atoms with Crippen molar-refractivity contribution in [1.29, 1.82) is 0 Å². The van der Waals surface area contributed by atoms with Crippen molar-refractivity contribution in [2.24, 2.45) is 0 Å². The van der Waals surface area contributed by atoms with Crippen LogP contribution in [0.25, 0.3) is 0 Å². The number of nitrogens with one attached hydrogen (secondary N) is 2. The Bertz CT molecular complexity index is 499. The molecule has 1 aromatic heterocycles. The number of piperidine rings is 1. The number of pyridine rings is 1. The number of aromatic nitrogens is 1. The molecule has 2 aliphatic rings.